The van der Waals surface area contributed by atoms with Crippen molar-refractivity contribution in [3.63, 3.8) is 0 Å². The fourth-order valence-corrected chi connectivity index (χ4v) is 4.75. The third-order valence-electron chi connectivity index (χ3n) is 7.73. The third-order valence-corrected chi connectivity index (χ3v) is 7.73. The summed E-state index contributed by atoms with van der Waals surface area (Å²) in [5.41, 5.74) is 0. The Hall–Kier alpha value is -1.70. The Bertz CT molecular complexity index is 594. The van der Waals surface area contributed by atoms with E-state index in [-0.39, 0.29) is 13.2 Å². The quantitative estimate of drug-likeness (QED) is 0.0359. The van der Waals surface area contributed by atoms with Crippen LogP contribution in [0.25, 0.3) is 0 Å². The van der Waals surface area contributed by atoms with E-state index in [4.69, 9.17) is 25.5 Å². The van der Waals surface area contributed by atoms with Crippen LogP contribution in [0.2, 0.25) is 0 Å². The normalized spacial score (nSPS) is 11.1. The van der Waals surface area contributed by atoms with Crippen LogP contribution >= 0.6 is 0 Å². The van der Waals surface area contributed by atoms with Gasteiger partial charge in [0.1, 0.15) is 6.10 Å². The van der Waals surface area contributed by atoms with E-state index in [2.05, 4.69) is 38.2 Å². The summed E-state index contributed by atoms with van der Waals surface area (Å²) in [6, 6.07) is 0. The average Bonchev–Trinajstić information content (AvgIpc) is 3.04. The van der Waals surface area contributed by atoms with Crippen LogP contribution in [0, 0.1) is 0 Å². The van der Waals surface area contributed by atoms with Crippen LogP contribution in [0.3, 0.4) is 0 Å². The Morgan fingerprint density at radius 3 is 0.891 bits per heavy atom. The summed E-state index contributed by atoms with van der Waals surface area (Å²) in [6.07, 6.45) is 41.5. The predicted molar refractivity (Wildman–Crippen MR) is 194 cm³/mol. The van der Waals surface area contributed by atoms with Gasteiger partial charge in [-0.15, -0.1) is 0 Å². The van der Waals surface area contributed by atoms with Crippen LogP contribution in [0.5, 0.6) is 0 Å². The molecular weight excluding hydrogens is 580 g/mol. The molecule has 0 aliphatic carbocycles. The average molecular weight is 657 g/mol. The molecule has 0 rings (SSSR count). The summed E-state index contributed by atoms with van der Waals surface area (Å²) in [4.78, 5) is 20.6. The van der Waals surface area contributed by atoms with Gasteiger partial charge in [-0.25, -0.2) is 0 Å². The minimum atomic E-state index is -0.954. The van der Waals surface area contributed by atoms with Gasteiger partial charge in [-0.2, -0.15) is 0 Å². The van der Waals surface area contributed by atoms with Gasteiger partial charge in [0.2, 0.25) is 0 Å². The van der Waals surface area contributed by atoms with E-state index < -0.39 is 18.0 Å². The summed E-state index contributed by atoms with van der Waals surface area (Å²) in [6.45, 7) is 3.79. The van der Waals surface area contributed by atoms with Crippen LogP contribution in [0.1, 0.15) is 194 Å². The lowest BCUT2D eigenvalue weighted by Crippen LogP contribution is -2.15. The molecule has 274 valence electrons. The molecule has 0 aromatic rings. The topological polar surface area (TPSA) is 135 Å². The number of aliphatic hydroxyl groups excluding tert-OH is 3. The molecule has 0 amide bonds. The van der Waals surface area contributed by atoms with Crippen LogP contribution in [-0.2, 0) is 9.59 Å². The van der Waals surface area contributed by atoms with Gasteiger partial charge in [0.25, 0.3) is 0 Å². The zero-order chi connectivity index (χ0) is 34.8. The molecule has 0 heterocycles. The molecule has 5 N–H and O–H groups in total. The zero-order valence-corrected chi connectivity index (χ0v) is 30.2. The number of unbranched alkanes of at least 4 members (excludes halogenated alkanes) is 22. The SMILES string of the molecule is CCCCCCCC/C=C\CCCCCCCC(=O)O.CCCCCCCC/C=C\CCCCCCCC(=O)O.OCC(O)CO. The number of allylic oxidation sites excluding steroid dienone is 4. The van der Waals surface area contributed by atoms with E-state index in [9.17, 15) is 9.59 Å². The Labute approximate surface area is 284 Å². The summed E-state index contributed by atoms with van der Waals surface area (Å²) in [5.74, 6) is -1.33. The van der Waals surface area contributed by atoms with Gasteiger partial charge >= 0.3 is 11.9 Å². The fraction of sp³-hybridized carbons (Fsp3) is 0.846. The molecule has 0 saturated heterocycles. The first-order chi connectivity index (χ1) is 22.3. The van der Waals surface area contributed by atoms with Crippen LogP contribution in [0.15, 0.2) is 24.3 Å². The molecule has 0 spiro atoms. The minimum Gasteiger partial charge on any atom is -0.481 e. The molecule has 0 bridgehead atoms. The first-order valence-electron chi connectivity index (χ1n) is 19.0. The number of carboxylic acids is 2. The summed E-state index contributed by atoms with van der Waals surface area (Å²) in [5, 5.41) is 41.0. The second-order valence-electron chi connectivity index (χ2n) is 12.5. The first kappa shape index (κ1) is 48.7. The Morgan fingerprint density at radius 1 is 0.435 bits per heavy atom. The van der Waals surface area contributed by atoms with Crippen molar-refractivity contribution in [2.45, 2.75) is 200 Å². The fourth-order valence-electron chi connectivity index (χ4n) is 4.75. The van der Waals surface area contributed by atoms with Gasteiger partial charge in [0, 0.05) is 12.8 Å². The lowest BCUT2D eigenvalue weighted by Gasteiger charge is -1.99. The molecule has 7 heteroatoms. The lowest BCUT2D eigenvalue weighted by atomic mass is 10.1. The number of carboxylic acid groups (broad SMARTS) is 2. The van der Waals surface area contributed by atoms with Gasteiger partial charge in [0.05, 0.1) is 13.2 Å². The Morgan fingerprint density at radius 2 is 0.674 bits per heavy atom. The minimum absolute atomic E-state index is 0.332. The molecule has 0 aliphatic rings. The van der Waals surface area contributed by atoms with E-state index >= 15 is 0 Å². The second-order valence-corrected chi connectivity index (χ2v) is 12.5. The molecule has 46 heavy (non-hydrogen) atoms. The number of hydrogen-bond donors (Lipinski definition) is 5. The van der Waals surface area contributed by atoms with E-state index in [1.807, 2.05) is 0 Å². The van der Waals surface area contributed by atoms with E-state index in [1.165, 1.54) is 141 Å². The predicted octanol–water partition coefficient (Wildman–Crippen LogP) is 10.5. The van der Waals surface area contributed by atoms with Crippen molar-refractivity contribution in [3.05, 3.63) is 24.3 Å². The van der Waals surface area contributed by atoms with E-state index in [1.54, 1.807) is 0 Å². The van der Waals surface area contributed by atoms with Crippen molar-refractivity contribution in [1.82, 2.24) is 0 Å². The molecule has 0 saturated carbocycles. The van der Waals surface area contributed by atoms with Crippen molar-refractivity contribution >= 4 is 11.9 Å². The Balaban J connectivity index is -0.000000682. The smallest absolute Gasteiger partial charge is 0.303 e. The molecule has 0 unspecified atom stereocenters. The maximum absolute atomic E-state index is 10.3. The van der Waals surface area contributed by atoms with Gasteiger partial charge in [-0.05, 0) is 64.2 Å². The molecule has 0 fully saturated rings. The molecule has 0 atom stereocenters. The standard InChI is InChI=1S/2C18H34O2.C3H8O3/c2*1-2-3-4-5-6-7-8-9-10-11-12-13-14-15-16-17-18(19)20;4-1-3(6)2-5/h2*9-10H,2-8,11-17H2,1H3,(H,19,20);3-6H,1-2H2/b2*10-9-;. The van der Waals surface area contributed by atoms with Gasteiger partial charge in [-0.3, -0.25) is 9.59 Å². The number of rotatable bonds is 32. The highest BCUT2D eigenvalue weighted by molar-refractivity contribution is 5.66. The summed E-state index contributed by atoms with van der Waals surface area (Å²) >= 11 is 0. The van der Waals surface area contributed by atoms with Crippen molar-refractivity contribution in [2.24, 2.45) is 0 Å². The molecule has 0 radical (unpaired) electrons. The van der Waals surface area contributed by atoms with Crippen molar-refractivity contribution in [3.8, 4) is 0 Å². The second kappa shape index (κ2) is 45.4. The summed E-state index contributed by atoms with van der Waals surface area (Å²) in [7, 11) is 0. The highest BCUT2D eigenvalue weighted by atomic mass is 16.4. The number of aliphatic hydroxyl groups is 3. The molecule has 7 nitrogen and oxygen atoms in total. The van der Waals surface area contributed by atoms with Crippen LogP contribution < -0.4 is 0 Å². The largest absolute Gasteiger partial charge is 0.481 e. The van der Waals surface area contributed by atoms with E-state index in [0.29, 0.717) is 12.8 Å². The van der Waals surface area contributed by atoms with Crippen molar-refractivity contribution < 1.29 is 35.1 Å². The maximum Gasteiger partial charge on any atom is 0.303 e. The Kier molecular flexibility index (Phi) is 48.1. The van der Waals surface area contributed by atoms with E-state index in [0.717, 1.165) is 25.7 Å². The van der Waals surface area contributed by atoms with Crippen LogP contribution in [-0.4, -0.2) is 56.8 Å². The summed E-state index contributed by atoms with van der Waals surface area (Å²) < 4.78 is 0. The number of hydrogen-bond acceptors (Lipinski definition) is 5. The molecule has 0 aliphatic heterocycles. The van der Waals surface area contributed by atoms with Gasteiger partial charge in [0.15, 0.2) is 0 Å². The van der Waals surface area contributed by atoms with Crippen LogP contribution in [0.4, 0.5) is 0 Å². The highest BCUT2D eigenvalue weighted by Gasteiger charge is 1.97. The maximum atomic E-state index is 10.3. The van der Waals surface area contributed by atoms with Gasteiger partial charge < -0.3 is 25.5 Å². The van der Waals surface area contributed by atoms with Gasteiger partial charge in [-0.1, -0.05) is 141 Å². The lowest BCUT2D eigenvalue weighted by molar-refractivity contribution is -0.138. The number of aliphatic carboxylic acids is 2. The zero-order valence-electron chi connectivity index (χ0n) is 30.2. The third kappa shape index (κ3) is 54.8. The molecular formula is C39H76O7. The van der Waals surface area contributed by atoms with Crippen molar-refractivity contribution in [2.75, 3.05) is 13.2 Å². The highest BCUT2D eigenvalue weighted by Crippen LogP contribution is 2.11. The van der Waals surface area contributed by atoms with Crippen molar-refractivity contribution in [1.29, 1.82) is 0 Å². The first-order valence-corrected chi connectivity index (χ1v) is 19.0. The number of carbonyl (C=O) groups is 2. The molecule has 0 aromatic heterocycles. The molecule has 0 aromatic carbocycles. The monoisotopic (exact) mass is 657 g/mol.